The fraction of sp³-hybridized carbons (Fsp3) is 1.00. The first-order valence-corrected chi connectivity index (χ1v) is 8.59. The standard InChI is InChI=1S/C17H34N2/c1-5-18-17-9-10-19(15(4)14(17)3)12-16-8-6-7-13(2)11-16/h13-18H,5-12H2,1-4H3. The number of piperidine rings is 1. The Morgan fingerprint density at radius 1 is 1.11 bits per heavy atom. The summed E-state index contributed by atoms with van der Waals surface area (Å²) in [5, 5.41) is 3.67. The van der Waals surface area contributed by atoms with Crippen LogP contribution < -0.4 is 5.32 Å². The average Bonchev–Trinajstić information content (AvgIpc) is 2.39. The van der Waals surface area contributed by atoms with Crippen molar-refractivity contribution in [2.75, 3.05) is 19.6 Å². The SMILES string of the molecule is CCNC1CCN(CC2CCCC(C)C2)C(C)C1C. The Morgan fingerprint density at radius 2 is 1.89 bits per heavy atom. The van der Waals surface area contributed by atoms with Crippen molar-refractivity contribution in [1.29, 1.82) is 0 Å². The molecule has 1 saturated heterocycles. The van der Waals surface area contributed by atoms with E-state index >= 15 is 0 Å². The number of likely N-dealkylation sites (tertiary alicyclic amines) is 1. The third-order valence-corrected chi connectivity index (χ3v) is 5.70. The minimum atomic E-state index is 0.738. The Balaban J connectivity index is 1.84. The molecule has 5 unspecified atom stereocenters. The number of rotatable bonds is 4. The quantitative estimate of drug-likeness (QED) is 0.837. The highest BCUT2D eigenvalue weighted by molar-refractivity contribution is 4.89. The summed E-state index contributed by atoms with van der Waals surface area (Å²) in [6, 6.07) is 1.48. The maximum absolute atomic E-state index is 3.67. The highest BCUT2D eigenvalue weighted by Gasteiger charge is 2.33. The first-order valence-electron chi connectivity index (χ1n) is 8.59. The van der Waals surface area contributed by atoms with E-state index in [1.165, 1.54) is 45.2 Å². The maximum atomic E-state index is 3.67. The lowest BCUT2D eigenvalue weighted by Gasteiger charge is -2.45. The van der Waals surface area contributed by atoms with Crippen LogP contribution >= 0.6 is 0 Å². The molecular formula is C17H34N2. The third kappa shape index (κ3) is 3.95. The summed E-state index contributed by atoms with van der Waals surface area (Å²) in [6.07, 6.45) is 7.20. The van der Waals surface area contributed by atoms with E-state index in [0.717, 1.165) is 36.4 Å². The fourth-order valence-electron chi connectivity index (χ4n) is 4.31. The molecule has 1 N–H and O–H groups in total. The molecule has 1 aliphatic heterocycles. The van der Waals surface area contributed by atoms with Gasteiger partial charge in [0.05, 0.1) is 0 Å². The smallest absolute Gasteiger partial charge is 0.0120 e. The number of hydrogen-bond donors (Lipinski definition) is 1. The molecule has 0 aromatic carbocycles. The second-order valence-corrected chi connectivity index (χ2v) is 7.19. The highest BCUT2D eigenvalue weighted by Crippen LogP contribution is 2.31. The molecule has 2 heteroatoms. The van der Waals surface area contributed by atoms with Gasteiger partial charge in [0.25, 0.3) is 0 Å². The molecule has 2 nitrogen and oxygen atoms in total. The molecule has 0 amide bonds. The van der Waals surface area contributed by atoms with Crippen molar-refractivity contribution in [2.24, 2.45) is 17.8 Å². The van der Waals surface area contributed by atoms with E-state index in [1.807, 2.05) is 0 Å². The normalized spacial score (nSPS) is 41.4. The van der Waals surface area contributed by atoms with Gasteiger partial charge in [-0.3, -0.25) is 0 Å². The first-order chi connectivity index (χ1) is 9.11. The monoisotopic (exact) mass is 266 g/mol. The number of hydrogen-bond acceptors (Lipinski definition) is 2. The van der Waals surface area contributed by atoms with Crippen molar-refractivity contribution in [3.05, 3.63) is 0 Å². The van der Waals surface area contributed by atoms with E-state index in [0.29, 0.717) is 0 Å². The van der Waals surface area contributed by atoms with Crippen LogP contribution in [0.3, 0.4) is 0 Å². The first kappa shape index (κ1) is 15.3. The van der Waals surface area contributed by atoms with Crippen molar-refractivity contribution < 1.29 is 0 Å². The molecule has 2 aliphatic rings. The van der Waals surface area contributed by atoms with Gasteiger partial charge >= 0.3 is 0 Å². The largest absolute Gasteiger partial charge is 0.314 e. The van der Waals surface area contributed by atoms with Gasteiger partial charge in [-0.25, -0.2) is 0 Å². The van der Waals surface area contributed by atoms with Gasteiger partial charge in [-0.15, -0.1) is 0 Å². The molecule has 0 radical (unpaired) electrons. The summed E-state index contributed by atoms with van der Waals surface area (Å²) in [5.74, 6) is 2.72. The van der Waals surface area contributed by atoms with Gasteiger partial charge in [-0.05, 0) is 57.0 Å². The molecular weight excluding hydrogens is 232 g/mol. The lowest BCUT2D eigenvalue weighted by Crippen LogP contribution is -2.54. The number of nitrogens with one attached hydrogen (secondary N) is 1. The Morgan fingerprint density at radius 3 is 2.58 bits per heavy atom. The molecule has 5 atom stereocenters. The van der Waals surface area contributed by atoms with Gasteiger partial charge in [0.1, 0.15) is 0 Å². The lowest BCUT2D eigenvalue weighted by molar-refractivity contribution is 0.0603. The Labute approximate surface area is 120 Å². The van der Waals surface area contributed by atoms with Gasteiger partial charge in [0.2, 0.25) is 0 Å². The molecule has 0 aromatic rings. The van der Waals surface area contributed by atoms with Crippen molar-refractivity contribution >= 4 is 0 Å². The van der Waals surface area contributed by atoms with E-state index in [-0.39, 0.29) is 0 Å². The van der Waals surface area contributed by atoms with E-state index in [2.05, 4.69) is 37.9 Å². The summed E-state index contributed by atoms with van der Waals surface area (Å²) in [5.41, 5.74) is 0. The molecule has 1 aliphatic carbocycles. The molecule has 1 saturated carbocycles. The third-order valence-electron chi connectivity index (χ3n) is 5.70. The second kappa shape index (κ2) is 7.08. The topological polar surface area (TPSA) is 15.3 Å². The second-order valence-electron chi connectivity index (χ2n) is 7.19. The van der Waals surface area contributed by atoms with Crippen LogP contribution in [0, 0.1) is 17.8 Å². The zero-order valence-electron chi connectivity index (χ0n) is 13.5. The summed E-state index contributed by atoms with van der Waals surface area (Å²) in [6.45, 7) is 13.3. The molecule has 0 aromatic heterocycles. The van der Waals surface area contributed by atoms with Gasteiger partial charge in [-0.2, -0.15) is 0 Å². The lowest BCUT2D eigenvalue weighted by atomic mass is 9.80. The van der Waals surface area contributed by atoms with Crippen molar-refractivity contribution in [3.63, 3.8) is 0 Å². The van der Waals surface area contributed by atoms with Gasteiger partial charge in [-0.1, -0.05) is 33.6 Å². The Bertz CT molecular complexity index is 266. The minimum Gasteiger partial charge on any atom is -0.314 e. The van der Waals surface area contributed by atoms with Gasteiger partial charge in [0, 0.05) is 18.6 Å². The van der Waals surface area contributed by atoms with Crippen LogP contribution in [-0.2, 0) is 0 Å². The van der Waals surface area contributed by atoms with Crippen LogP contribution in [0.1, 0.15) is 59.8 Å². The van der Waals surface area contributed by atoms with E-state index in [4.69, 9.17) is 0 Å². The molecule has 0 spiro atoms. The van der Waals surface area contributed by atoms with Crippen LogP contribution in [0.4, 0.5) is 0 Å². The van der Waals surface area contributed by atoms with Crippen LogP contribution in [0.5, 0.6) is 0 Å². The van der Waals surface area contributed by atoms with E-state index in [9.17, 15) is 0 Å². The molecule has 2 fully saturated rings. The molecule has 2 rings (SSSR count). The fourth-order valence-corrected chi connectivity index (χ4v) is 4.31. The van der Waals surface area contributed by atoms with Crippen molar-refractivity contribution in [2.45, 2.75) is 71.9 Å². The molecule has 112 valence electrons. The van der Waals surface area contributed by atoms with E-state index < -0.39 is 0 Å². The summed E-state index contributed by atoms with van der Waals surface area (Å²) < 4.78 is 0. The molecule has 19 heavy (non-hydrogen) atoms. The van der Waals surface area contributed by atoms with Crippen LogP contribution in [0.25, 0.3) is 0 Å². The average molecular weight is 266 g/mol. The Hall–Kier alpha value is -0.0800. The van der Waals surface area contributed by atoms with Crippen LogP contribution in [-0.4, -0.2) is 36.6 Å². The number of nitrogens with zero attached hydrogens (tertiary/aromatic N) is 1. The molecule has 0 bridgehead atoms. The zero-order chi connectivity index (χ0) is 13.8. The highest BCUT2D eigenvalue weighted by atomic mass is 15.2. The summed E-state index contributed by atoms with van der Waals surface area (Å²) in [4.78, 5) is 2.78. The van der Waals surface area contributed by atoms with Gasteiger partial charge < -0.3 is 10.2 Å². The van der Waals surface area contributed by atoms with Crippen LogP contribution in [0.2, 0.25) is 0 Å². The van der Waals surface area contributed by atoms with Crippen LogP contribution in [0.15, 0.2) is 0 Å². The van der Waals surface area contributed by atoms with Crippen molar-refractivity contribution in [3.8, 4) is 0 Å². The summed E-state index contributed by atoms with van der Waals surface area (Å²) >= 11 is 0. The Kier molecular flexibility index (Phi) is 5.70. The van der Waals surface area contributed by atoms with E-state index in [1.54, 1.807) is 0 Å². The zero-order valence-corrected chi connectivity index (χ0v) is 13.5. The minimum absolute atomic E-state index is 0.738. The summed E-state index contributed by atoms with van der Waals surface area (Å²) in [7, 11) is 0. The van der Waals surface area contributed by atoms with Gasteiger partial charge in [0.15, 0.2) is 0 Å². The predicted octanol–water partition coefficient (Wildman–Crippen LogP) is 3.52. The predicted molar refractivity (Wildman–Crippen MR) is 83.4 cm³/mol. The van der Waals surface area contributed by atoms with Crippen molar-refractivity contribution in [1.82, 2.24) is 10.2 Å². The maximum Gasteiger partial charge on any atom is 0.0120 e. The molecule has 1 heterocycles.